The Hall–Kier alpha value is -4.26. The van der Waals surface area contributed by atoms with Gasteiger partial charge in [0.15, 0.2) is 5.78 Å². The summed E-state index contributed by atoms with van der Waals surface area (Å²) in [6.07, 6.45) is 0. The molecule has 0 unspecified atom stereocenters. The lowest BCUT2D eigenvalue weighted by atomic mass is 9.98. The first-order valence-corrected chi connectivity index (χ1v) is 9.70. The number of urea groups is 1. The number of amides is 4. The number of nitrogens with zero attached hydrogens (tertiary/aromatic N) is 1. The molecule has 3 aromatic carbocycles. The summed E-state index contributed by atoms with van der Waals surface area (Å²) in [4.78, 5) is 50.2. The SMILES string of the molecule is O=C(Nc1ccc(CN2C(=O)CNC2=O)cc1)c1ccccc1C(=O)c1ccccc1. The zero-order chi connectivity index (χ0) is 21.8. The number of carbonyl (C=O) groups excluding carboxylic acids is 4. The molecular formula is C24H19N3O4. The van der Waals surface area contributed by atoms with E-state index in [0.717, 1.165) is 10.5 Å². The topological polar surface area (TPSA) is 95.6 Å². The van der Waals surface area contributed by atoms with Gasteiger partial charge < -0.3 is 10.6 Å². The number of hydrogen-bond acceptors (Lipinski definition) is 4. The van der Waals surface area contributed by atoms with E-state index in [-0.39, 0.29) is 30.3 Å². The van der Waals surface area contributed by atoms with Gasteiger partial charge in [0.25, 0.3) is 5.91 Å². The molecule has 3 aromatic rings. The van der Waals surface area contributed by atoms with Gasteiger partial charge in [-0.2, -0.15) is 0 Å². The fourth-order valence-electron chi connectivity index (χ4n) is 3.31. The molecule has 7 nitrogen and oxygen atoms in total. The highest BCUT2D eigenvalue weighted by Gasteiger charge is 2.28. The second kappa shape index (κ2) is 8.62. The third kappa shape index (κ3) is 4.35. The molecule has 2 N–H and O–H groups in total. The molecule has 0 radical (unpaired) electrons. The van der Waals surface area contributed by atoms with E-state index >= 15 is 0 Å². The highest BCUT2D eigenvalue weighted by atomic mass is 16.2. The van der Waals surface area contributed by atoms with Crippen molar-refractivity contribution < 1.29 is 19.2 Å². The Balaban J connectivity index is 1.48. The molecule has 154 valence electrons. The largest absolute Gasteiger partial charge is 0.329 e. The Morgan fingerprint density at radius 1 is 0.839 bits per heavy atom. The van der Waals surface area contributed by atoms with Crippen LogP contribution in [-0.2, 0) is 11.3 Å². The van der Waals surface area contributed by atoms with Crippen LogP contribution in [0.4, 0.5) is 10.5 Å². The number of rotatable bonds is 6. The minimum absolute atomic E-state index is 0.00802. The second-order valence-corrected chi connectivity index (χ2v) is 7.03. The van der Waals surface area contributed by atoms with Crippen LogP contribution in [0.15, 0.2) is 78.9 Å². The van der Waals surface area contributed by atoms with Crippen LogP contribution in [0.3, 0.4) is 0 Å². The van der Waals surface area contributed by atoms with Crippen molar-refractivity contribution in [2.75, 3.05) is 11.9 Å². The molecule has 4 amide bonds. The Kier molecular flexibility index (Phi) is 5.57. The fraction of sp³-hybridized carbons (Fsp3) is 0.0833. The summed E-state index contributed by atoms with van der Waals surface area (Å²) in [5.41, 5.74) is 2.39. The molecule has 1 saturated heterocycles. The van der Waals surface area contributed by atoms with E-state index in [1.807, 2.05) is 6.07 Å². The van der Waals surface area contributed by atoms with Gasteiger partial charge >= 0.3 is 6.03 Å². The monoisotopic (exact) mass is 413 g/mol. The molecule has 0 atom stereocenters. The lowest BCUT2D eigenvalue weighted by molar-refractivity contribution is -0.125. The second-order valence-electron chi connectivity index (χ2n) is 7.03. The smallest absolute Gasteiger partial charge is 0.324 e. The lowest BCUT2D eigenvalue weighted by Crippen LogP contribution is -2.30. The number of benzene rings is 3. The van der Waals surface area contributed by atoms with Crippen molar-refractivity contribution in [3.63, 3.8) is 0 Å². The molecule has 31 heavy (non-hydrogen) atoms. The first-order valence-electron chi connectivity index (χ1n) is 9.70. The molecule has 0 bridgehead atoms. The van der Waals surface area contributed by atoms with Crippen LogP contribution < -0.4 is 10.6 Å². The lowest BCUT2D eigenvalue weighted by Gasteiger charge is -2.13. The van der Waals surface area contributed by atoms with Crippen LogP contribution in [0.5, 0.6) is 0 Å². The van der Waals surface area contributed by atoms with Gasteiger partial charge in [-0.05, 0) is 23.8 Å². The van der Waals surface area contributed by atoms with Crippen molar-refractivity contribution in [1.29, 1.82) is 0 Å². The molecular weight excluding hydrogens is 394 g/mol. The van der Waals surface area contributed by atoms with E-state index in [0.29, 0.717) is 16.8 Å². The van der Waals surface area contributed by atoms with Crippen LogP contribution in [0.1, 0.15) is 31.8 Å². The molecule has 0 aliphatic carbocycles. The summed E-state index contributed by atoms with van der Waals surface area (Å²) in [7, 11) is 0. The Labute approximate surface area is 178 Å². The van der Waals surface area contributed by atoms with E-state index < -0.39 is 11.9 Å². The summed E-state index contributed by atoms with van der Waals surface area (Å²) < 4.78 is 0. The van der Waals surface area contributed by atoms with E-state index in [2.05, 4.69) is 10.6 Å². The predicted octanol–water partition coefficient (Wildman–Crippen LogP) is 3.22. The minimum Gasteiger partial charge on any atom is -0.329 e. The summed E-state index contributed by atoms with van der Waals surface area (Å²) in [5.74, 6) is -0.904. The van der Waals surface area contributed by atoms with Crippen LogP contribution in [0.2, 0.25) is 0 Å². The first-order chi connectivity index (χ1) is 15.0. The summed E-state index contributed by atoms with van der Waals surface area (Å²) in [5, 5.41) is 5.27. The number of anilines is 1. The molecule has 0 saturated carbocycles. The quantitative estimate of drug-likeness (QED) is 0.479. The Morgan fingerprint density at radius 2 is 1.48 bits per heavy atom. The normalized spacial score (nSPS) is 13.1. The standard InChI is InChI=1S/C24H19N3O4/c28-21-14-25-24(31)27(21)15-16-10-12-18(13-11-16)26-23(30)20-9-5-4-8-19(20)22(29)17-6-2-1-3-7-17/h1-13H,14-15H2,(H,25,31)(H,26,30). The average Bonchev–Trinajstić information content (AvgIpc) is 3.12. The van der Waals surface area contributed by atoms with Gasteiger partial charge in [0.2, 0.25) is 5.91 Å². The molecule has 0 aromatic heterocycles. The molecule has 1 aliphatic heterocycles. The Bertz CT molecular complexity index is 1140. The predicted molar refractivity (Wildman–Crippen MR) is 115 cm³/mol. The number of carbonyl (C=O) groups is 4. The maximum Gasteiger partial charge on any atom is 0.324 e. The van der Waals surface area contributed by atoms with Crippen LogP contribution >= 0.6 is 0 Å². The number of imide groups is 1. The number of ketones is 1. The summed E-state index contributed by atoms with van der Waals surface area (Å²) in [6.45, 7) is 0.168. The van der Waals surface area contributed by atoms with Crippen molar-refractivity contribution in [3.8, 4) is 0 Å². The summed E-state index contributed by atoms with van der Waals surface area (Å²) >= 11 is 0. The maximum atomic E-state index is 12.9. The maximum absolute atomic E-state index is 12.9. The van der Waals surface area contributed by atoms with Gasteiger partial charge in [-0.3, -0.25) is 19.3 Å². The molecule has 4 rings (SSSR count). The van der Waals surface area contributed by atoms with E-state index in [1.54, 1.807) is 72.8 Å². The van der Waals surface area contributed by atoms with Crippen molar-refractivity contribution in [3.05, 3.63) is 101 Å². The molecule has 1 heterocycles. The van der Waals surface area contributed by atoms with Crippen LogP contribution in [0.25, 0.3) is 0 Å². The molecule has 1 aliphatic rings. The highest BCUT2D eigenvalue weighted by molar-refractivity contribution is 6.17. The zero-order valence-corrected chi connectivity index (χ0v) is 16.5. The van der Waals surface area contributed by atoms with Crippen molar-refractivity contribution in [2.45, 2.75) is 6.54 Å². The van der Waals surface area contributed by atoms with E-state index in [9.17, 15) is 19.2 Å². The highest BCUT2D eigenvalue weighted by Crippen LogP contribution is 2.18. The summed E-state index contributed by atoms with van der Waals surface area (Å²) in [6, 6.07) is 21.9. The van der Waals surface area contributed by atoms with Crippen LogP contribution in [-0.4, -0.2) is 35.1 Å². The van der Waals surface area contributed by atoms with Crippen molar-refractivity contribution in [1.82, 2.24) is 10.2 Å². The van der Waals surface area contributed by atoms with Crippen molar-refractivity contribution >= 4 is 29.3 Å². The molecule has 0 spiro atoms. The van der Waals surface area contributed by atoms with Gasteiger partial charge in [-0.1, -0.05) is 60.7 Å². The fourth-order valence-corrected chi connectivity index (χ4v) is 3.31. The average molecular weight is 413 g/mol. The zero-order valence-electron chi connectivity index (χ0n) is 16.5. The van der Waals surface area contributed by atoms with E-state index in [4.69, 9.17) is 0 Å². The third-order valence-corrected chi connectivity index (χ3v) is 4.94. The van der Waals surface area contributed by atoms with Gasteiger partial charge in [-0.25, -0.2) is 4.79 Å². The third-order valence-electron chi connectivity index (χ3n) is 4.94. The first kappa shape index (κ1) is 20.0. The van der Waals surface area contributed by atoms with Gasteiger partial charge in [-0.15, -0.1) is 0 Å². The van der Waals surface area contributed by atoms with Crippen molar-refractivity contribution in [2.24, 2.45) is 0 Å². The molecule has 7 heteroatoms. The number of hydrogen-bond donors (Lipinski definition) is 2. The Morgan fingerprint density at radius 3 is 2.13 bits per heavy atom. The van der Waals surface area contributed by atoms with E-state index in [1.165, 1.54) is 0 Å². The van der Waals surface area contributed by atoms with Gasteiger partial charge in [0.1, 0.15) is 0 Å². The van der Waals surface area contributed by atoms with Gasteiger partial charge in [0, 0.05) is 16.8 Å². The number of nitrogens with one attached hydrogen (secondary N) is 2. The minimum atomic E-state index is -0.415. The van der Waals surface area contributed by atoms with Crippen LogP contribution in [0, 0.1) is 0 Å². The van der Waals surface area contributed by atoms with Gasteiger partial charge in [0.05, 0.1) is 18.7 Å². The molecule has 1 fully saturated rings.